The monoisotopic (exact) mass is 240 g/mol. The smallest absolute Gasteiger partial charge is 0.153 e. The topological polar surface area (TPSA) is 72.2 Å². The summed E-state index contributed by atoms with van der Waals surface area (Å²) < 4.78 is 22.7. The first-order chi connectivity index (χ1) is 7.57. The molecule has 1 aliphatic heterocycles. The number of rotatable bonds is 3. The van der Waals surface area contributed by atoms with E-state index in [9.17, 15) is 8.42 Å². The van der Waals surface area contributed by atoms with E-state index in [4.69, 9.17) is 5.73 Å². The Labute approximate surface area is 95.8 Å². The zero-order valence-corrected chi connectivity index (χ0v) is 9.78. The van der Waals surface area contributed by atoms with Crippen molar-refractivity contribution in [1.82, 2.24) is 5.32 Å². The van der Waals surface area contributed by atoms with Crippen molar-refractivity contribution < 1.29 is 8.42 Å². The summed E-state index contributed by atoms with van der Waals surface area (Å²) in [6.07, 6.45) is 0. The molecule has 3 N–H and O–H groups in total. The summed E-state index contributed by atoms with van der Waals surface area (Å²) in [7, 11) is -2.94. The maximum absolute atomic E-state index is 11.3. The fourth-order valence-corrected chi connectivity index (χ4v) is 3.80. The number of nitrogens with two attached hydrogens (primary N) is 1. The molecule has 0 aromatic heterocycles. The molecule has 5 heteroatoms. The van der Waals surface area contributed by atoms with Gasteiger partial charge in [0.15, 0.2) is 9.84 Å². The molecule has 16 heavy (non-hydrogen) atoms. The average molecular weight is 240 g/mol. The molecule has 1 aromatic carbocycles. The molecule has 1 aromatic rings. The van der Waals surface area contributed by atoms with Crippen LogP contribution in [0, 0.1) is 0 Å². The number of benzene rings is 1. The maximum atomic E-state index is 11.3. The molecule has 0 amide bonds. The van der Waals surface area contributed by atoms with E-state index in [1.165, 1.54) is 0 Å². The zero-order valence-electron chi connectivity index (χ0n) is 8.96. The van der Waals surface area contributed by atoms with Gasteiger partial charge in [0.2, 0.25) is 0 Å². The fraction of sp³-hybridized carbons (Fsp3) is 0.455. The SMILES string of the molecule is N[C@H]1CS(=O)(=O)C[C@@H]1NCc1ccccc1. The minimum atomic E-state index is -2.94. The van der Waals surface area contributed by atoms with Crippen LogP contribution in [-0.4, -0.2) is 32.0 Å². The minimum Gasteiger partial charge on any atom is -0.325 e. The summed E-state index contributed by atoms with van der Waals surface area (Å²) in [5.41, 5.74) is 6.92. The third-order valence-corrected chi connectivity index (χ3v) is 4.57. The average Bonchev–Trinajstić information content (AvgIpc) is 2.50. The number of nitrogens with one attached hydrogen (secondary N) is 1. The zero-order chi connectivity index (χ0) is 11.6. The van der Waals surface area contributed by atoms with Crippen LogP contribution < -0.4 is 11.1 Å². The summed E-state index contributed by atoms with van der Waals surface area (Å²) in [5.74, 6) is 0.250. The normalized spacial score (nSPS) is 28.1. The molecule has 0 saturated carbocycles. The third-order valence-electron chi connectivity index (χ3n) is 2.81. The van der Waals surface area contributed by atoms with Gasteiger partial charge < -0.3 is 11.1 Å². The first kappa shape index (κ1) is 11.6. The molecule has 2 rings (SSSR count). The molecule has 2 atom stereocenters. The Kier molecular flexibility index (Phi) is 3.28. The Hall–Kier alpha value is -0.910. The van der Waals surface area contributed by atoms with Gasteiger partial charge in [0.05, 0.1) is 11.5 Å². The summed E-state index contributed by atoms with van der Waals surface area (Å²) in [5, 5.41) is 3.20. The van der Waals surface area contributed by atoms with Crippen molar-refractivity contribution in [3.05, 3.63) is 35.9 Å². The van der Waals surface area contributed by atoms with E-state index in [0.717, 1.165) is 5.56 Å². The second-order valence-electron chi connectivity index (χ2n) is 4.21. The van der Waals surface area contributed by atoms with E-state index >= 15 is 0 Å². The van der Waals surface area contributed by atoms with Crippen LogP contribution >= 0.6 is 0 Å². The summed E-state index contributed by atoms with van der Waals surface area (Å²) in [6.45, 7) is 0.661. The van der Waals surface area contributed by atoms with E-state index in [1.807, 2.05) is 30.3 Å². The van der Waals surface area contributed by atoms with Gasteiger partial charge in [-0.05, 0) is 5.56 Å². The summed E-state index contributed by atoms with van der Waals surface area (Å²) in [6, 6.07) is 9.48. The van der Waals surface area contributed by atoms with E-state index in [0.29, 0.717) is 6.54 Å². The number of sulfone groups is 1. The molecule has 0 bridgehead atoms. The first-order valence-electron chi connectivity index (χ1n) is 5.30. The molecule has 1 heterocycles. The Morgan fingerprint density at radius 2 is 1.94 bits per heavy atom. The highest BCUT2D eigenvalue weighted by Gasteiger charge is 2.34. The largest absolute Gasteiger partial charge is 0.325 e. The molecule has 88 valence electrons. The molecule has 0 spiro atoms. The second-order valence-corrected chi connectivity index (χ2v) is 6.37. The quantitative estimate of drug-likeness (QED) is 0.774. The molecule has 1 fully saturated rings. The van der Waals surface area contributed by atoms with Gasteiger partial charge >= 0.3 is 0 Å². The Morgan fingerprint density at radius 1 is 1.25 bits per heavy atom. The van der Waals surface area contributed by atoms with Crippen LogP contribution in [0.25, 0.3) is 0 Å². The van der Waals surface area contributed by atoms with Gasteiger partial charge in [-0.25, -0.2) is 8.42 Å². The predicted molar refractivity (Wildman–Crippen MR) is 63.7 cm³/mol. The molecule has 0 radical (unpaired) electrons. The second kappa shape index (κ2) is 4.53. The highest BCUT2D eigenvalue weighted by molar-refractivity contribution is 7.91. The Balaban J connectivity index is 1.92. The van der Waals surface area contributed by atoms with Gasteiger partial charge in [-0.1, -0.05) is 30.3 Å². The molecule has 0 unspecified atom stereocenters. The third kappa shape index (κ3) is 2.81. The lowest BCUT2D eigenvalue weighted by atomic mass is 10.1. The van der Waals surface area contributed by atoms with Gasteiger partial charge in [0, 0.05) is 18.6 Å². The van der Waals surface area contributed by atoms with Gasteiger partial charge in [-0.2, -0.15) is 0 Å². The summed E-state index contributed by atoms with van der Waals surface area (Å²) >= 11 is 0. The van der Waals surface area contributed by atoms with Gasteiger partial charge in [0.25, 0.3) is 0 Å². The van der Waals surface area contributed by atoms with E-state index in [2.05, 4.69) is 5.32 Å². The lowest BCUT2D eigenvalue weighted by Gasteiger charge is -2.15. The van der Waals surface area contributed by atoms with Crippen molar-refractivity contribution in [2.45, 2.75) is 18.6 Å². The van der Waals surface area contributed by atoms with E-state index < -0.39 is 9.84 Å². The first-order valence-corrected chi connectivity index (χ1v) is 7.12. The Bertz CT molecular complexity index is 444. The van der Waals surface area contributed by atoms with E-state index in [1.54, 1.807) is 0 Å². The van der Waals surface area contributed by atoms with Gasteiger partial charge in [-0.3, -0.25) is 0 Å². The molecular weight excluding hydrogens is 224 g/mol. The van der Waals surface area contributed by atoms with Crippen LogP contribution in [0.4, 0.5) is 0 Å². The Morgan fingerprint density at radius 3 is 2.50 bits per heavy atom. The molecule has 1 saturated heterocycles. The predicted octanol–water partition coefficient (Wildman–Crippen LogP) is -0.0995. The van der Waals surface area contributed by atoms with Crippen LogP contribution in [0.2, 0.25) is 0 Å². The molecule has 4 nitrogen and oxygen atoms in total. The standard InChI is InChI=1S/C11H16N2O2S/c12-10-7-16(14,15)8-11(10)13-6-9-4-2-1-3-5-9/h1-5,10-11,13H,6-8,12H2/t10-,11-/m0/s1. The van der Waals surface area contributed by atoms with Crippen molar-refractivity contribution in [1.29, 1.82) is 0 Å². The van der Waals surface area contributed by atoms with Crippen molar-refractivity contribution in [2.24, 2.45) is 5.73 Å². The van der Waals surface area contributed by atoms with Crippen molar-refractivity contribution in [3.63, 3.8) is 0 Å². The van der Waals surface area contributed by atoms with E-state index in [-0.39, 0.29) is 23.6 Å². The van der Waals surface area contributed by atoms with Crippen molar-refractivity contribution in [2.75, 3.05) is 11.5 Å². The molecular formula is C11H16N2O2S. The number of hydrogen-bond donors (Lipinski definition) is 2. The maximum Gasteiger partial charge on any atom is 0.153 e. The van der Waals surface area contributed by atoms with Crippen molar-refractivity contribution >= 4 is 9.84 Å². The van der Waals surface area contributed by atoms with Crippen LogP contribution in [0.15, 0.2) is 30.3 Å². The van der Waals surface area contributed by atoms with Gasteiger partial charge in [0.1, 0.15) is 0 Å². The molecule has 1 aliphatic rings. The van der Waals surface area contributed by atoms with Crippen LogP contribution in [0.3, 0.4) is 0 Å². The summed E-state index contributed by atoms with van der Waals surface area (Å²) in [4.78, 5) is 0. The van der Waals surface area contributed by atoms with Crippen LogP contribution in [0.5, 0.6) is 0 Å². The highest BCUT2D eigenvalue weighted by atomic mass is 32.2. The minimum absolute atomic E-state index is 0.0967. The van der Waals surface area contributed by atoms with Gasteiger partial charge in [-0.15, -0.1) is 0 Å². The van der Waals surface area contributed by atoms with Crippen molar-refractivity contribution in [3.8, 4) is 0 Å². The van der Waals surface area contributed by atoms with Crippen LogP contribution in [0.1, 0.15) is 5.56 Å². The van der Waals surface area contributed by atoms with Crippen LogP contribution in [-0.2, 0) is 16.4 Å². The lowest BCUT2D eigenvalue weighted by Crippen LogP contribution is -2.43. The number of hydrogen-bond acceptors (Lipinski definition) is 4. The fourth-order valence-electron chi connectivity index (χ4n) is 1.93. The highest BCUT2D eigenvalue weighted by Crippen LogP contribution is 2.11. The molecule has 0 aliphatic carbocycles. The lowest BCUT2D eigenvalue weighted by molar-refractivity contribution is 0.503.